The van der Waals surface area contributed by atoms with Gasteiger partial charge in [0.2, 0.25) is 5.91 Å². The van der Waals surface area contributed by atoms with Crippen LogP contribution in [-0.4, -0.2) is 81.9 Å². The molecule has 0 bridgehead atoms. The minimum atomic E-state index is -0.223. The second-order valence-corrected chi connectivity index (χ2v) is 8.43. The van der Waals surface area contributed by atoms with E-state index in [-0.39, 0.29) is 24.5 Å². The monoisotopic (exact) mass is 442 g/mol. The quantitative estimate of drug-likeness (QED) is 0.347. The molecule has 1 amide bonds. The number of carbonyl (C=O) groups excluding carboxylic acids is 1. The molecule has 0 saturated carbocycles. The van der Waals surface area contributed by atoms with Gasteiger partial charge in [0.25, 0.3) is 0 Å². The summed E-state index contributed by atoms with van der Waals surface area (Å²) in [5.74, 6) is 0.504. The Labute approximate surface area is 188 Å². The van der Waals surface area contributed by atoms with Crippen LogP contribution in [0, 0.1) is 5.92 Å². The fourth-order valence-corrected chi connectivity index (χ4v) is 3.73. The molecule has 0 spiro atoms. The van der Waals surface area contributed by atoms with E-state index in [4.69, 9.17) is 11.5 Å². The van der Waals surface area contributed by atoms with E-state index >= 15 is 0 Å². The Balaban J connectivity index is 1.57. The van der Waals surface area contributed by atoms with Gasteiger partial charge in [0, 0.05) is 50.4 Å². The number of hydrogen-bond acceptors (Lipinski definition) is 6. The van der Waals surface area contributed by atoms with Crippen LogP contribution in [0.4, 0.5) is 0 Å². The predicted octanol–water partition coefficient (Wildman–Crippen LogP) is -0.104. The standard InChI is InChI=1S/C22H34N8O2/c1-15(2)19(14-31)26-21(32)13-29-6-8-30(9-7-29)22(24)27-18(11-23)16-4-5-20-17(10-16)12-25-28(20)3/h4-5,10-12,15,19,31H,6-9,13-14,23H2,1-3H3,(H2,24,27)(H,26,32)/b18-11-. The molecule has 1 aliphatic heterocycles. The number of aliphatic hydroxyl groups is 1. The zero-order valence-electron chi connectivity index (χ0n) is 19.0. The number of aliphatic hydroxyl groups excluding tert-OH is 1. The first kappa shape index (κ1) is 23.6. The number of piperazine rings is 1. The highest BCUT2D eigenvalue weighted by molar-refractivity contribution is 5.88. The number of amides is 1. The number of guanidine groups is 1. The molecular formula is C22H34N8O2. The number of aromatic nitrogens is 2. The van der Waals surface area contributed by atoms with Gasteiger partial charge in [-0.25, -0.2) is 4.99 Å². The van der Waals surface area contributed by atoms with Crippen molar-refractivity contribution in [1.82, 2.24) is 24.9 Å². The van der Waals surface area contributed by atoms with Gasteiger partial charge in [-0.1, -0.05) is 19.9 Å². The highest BCUT2D eigenvalue weighted by atomic mass is 16.3. The number of rotatable bonds is 7. The van der Waals surface area contributed by atoms with E-state index in [1.165, 1.54) is 6.20 Å². The number of fused-ring (bicyclic) bond motifs is 1. The Bertz CT molecular complexity index is 989. The fourth-order valence-electron chi connectivity index (χ4n) is 3.73. The van der Waals surface area contributed by atoms with Gasteiger partial charge in [0.1, 0.15) is 0 Å². The summed E-state index contributed by atoms with van der Waals surface area (Å²) in [5, 5.41) is 17.6. The van der Waals surface area contributed by atoms with Gasteiger partial charge in [-0.05, 0) is 18.1 Å². The Kier molecular flexibility index (Phi) is 7.70. The average molecular weight is 443 g/mol. The lowest BCUT2D eigenvalue weighted by Gasteiger charge is -2.35. The average Bonchev–Trinajstić information content (AvgIpc) is 3.16. The molecule has 1 fully saturated rings. The molecule has 1 aromatic heterocycles. The van der Waals surface area contributed by atoms with Crippen LogP contribution < -0.4 is 16.8 Å². The van der Waals surface area contributed by atoms with Crippen LogP contribution in [0.5, 0.6) is 0 Å². The third-order valence-corrected chi connectivity index (χ3v) is 5.85. The lowest BCUT2D eigenvalue weighted by atomic mass is 10.1. The number of nitrogens with zero attached hydrogens (tertiary/aromatic N) is 5. The highest BCUT2D eigenvalue weighted by Crippen LogP contribution is 2.21. The zero-order chi connectivity index (χ0) is 23.3. The second-order valence-electron chi connectivity index (χ2n) is 8.43. The SMILES string of the molecule is CC(C)C(CO)NC(=O)CN1CCN(C(N)=N/C(=C\N)c2ccc3c(cnn3C)c2)CC1. The van der Waals surface area contributed by atoms with Crippen molar-refractivity contribution in [3.63, 3.8) is 0 Å². The number of hydrogen-bond donors (Lipinski definition) is 4. The normalized spacial score (nSPS) is 17.2. The maximum Gasteiger partial charge on any atom is 0.234 e. The van der Waals surface area contributed by atoms with Gasteiger partial charge in [-0.3, -0.25) is 14.4 Å². The number of benzene rings is 1. The molecule has 32 heavy (non-hydrogen) atoms. The molecule has 2 aromatic rings. The van der Waals surface area contributed by atoms with Crippen LogP contribution in [0.15, 0.2) is 35.6 Å². The summed E-state index contributed by atoms with van der Waals surface area (Å²) in [6, 6.07) is 5.70. The molecule has 10 heteroatoms. The molecule has 0 radical (unpaired) electrons. The van der Waals surface area contributed by atoms with E-state index in [1.54, 1.807) is 6.20 Å². The Morgan fingerprint density at radius 2 is 2.03 bits per heavy atom. The molecule has 1 saturated heterocycles. The molecule has 1 aliphatic rings. The van der Waals surface area contributed by atoms with Gasteiger partial charge in [-0.15, -0.1) is 0 Å². The van der Waals surface area contributed by atoms with E-state index < -0.39 is 0 Å². The molecule has 3 rings (SSSR count). The van der Waals surface area contributed by atoms with E-state index in [0.29, 0.717) is 44.4 Å². The summed E-state index contributed by atoms with van der Waals surface area (Å²) < 4.78 is 1.81. The first-order chi connectivity index (χ1) is 15.3. The lowest BCUT2D eigenvalue weighted by molar-refractivity contribution is -0.123. The largest absolute Gasteiger partial charge is 0.403 e. The smallest absolute Gasteiger partial charge is 0.234 e. The summed E-state index contributed by atoms with van der Waals surface area (Å²) in [7, 11) is 1.90. The van der Waals surface area contributed by atoms with E-state index in [1.807, 2.05) is 48.7 Å². The van der Waals surface area contributed by atoms with Crippen molar-refractivity contribution in [2.45, 2.75) is 19.9 Å². The molecule has 0 aliphatic carbocycles. The molecule has 1 unspecified atom stereocenters. The number of nitrogens with one attached hydrogen (secondary N) is 1. The van der Waals surface area contributed by atoms with Crippen molar-refractivity contribution >= 4 is 28.5 Å². The molecule has 1 atom stereocenters. The zero-order valence-corrected chi connectivity index (χ0v) is 19.0. The summed E-state index contributed by atoms with van der Waals surface area (Å²) in [6.07, 6.45) is 3.26. The first-order valence-corrected chi connectivity index (χ1v) is 10.9. The summed E-state index contributed by atoms with van der Waals surface area (Å²) in [6.45, 7) is 6.90. The molecule has 2 heterocycles. The first-order valence-electron chi connectivity index (χ1n) is 10.9. The number of nitrogens with two attached hydrogens (primary N) is 2. The van der Waals surface area contributed by atoms with E-state index in [9.17, 15) is 9.90 Å². The van der Waals surface area contributed by atoms with Crippen molar-refractivity contribution in [3.05, 3.63) is 36.2 Å². The Morgan fingerprint density at radius 3 is 2.66 bits per heavy atom. The molecule has 174 valence electrons. The minimum absolute atomic E-state index is 0.0606. The van der Waals surface area contributed by atoms with Crippen LogP contribution >= 0.6 is 0 Å². The minimum Gasteiger partial charge on any atom is -0.403 e. The van der Waals surface area contributed by atoms with E-state index in [2.05, 4.69) is 20.3 Å². The van der Waals surface area contributed by atoms with Crippen molar-refractivity contribution < 1.29 is 9.90 Å². The van der Waals surface area contributed by atoms with Crippen molar-refractivity contribution in [2.75, 3.05) is 39.3 Å². The maximum atomic E-state index is 12.3. The molecule has 1 aromatic carbocycles. The van der Waals surface area contributed by atoms with Crippen molar-refractivity contribution in [2.24, 2.45) is 29.4 Å². The van der Waals surface area contributed by atoms with E-state index in [0.717, 1.165) is 16.5 Å². The third-order valence-electron chi connectivity index (χ3n) is 5.85. The Morgan fingerprint density at radius 1 is 1.31 bits per heavy atom. The second kappa shape index (κ2) is 10.5. The van der Waals surface area contributed by atoms with Crippen molar-refractivity contribution in [1.29, 1.82) is 0 Å². The number of carbonyl (C=O) groups is 1. The molecule has 6 N–H and O–H groups in total. The summed E-state index contributed by atoms with van der Waals surface area (Å²) in [5.41, 5.74) is 14.6. The summed E-state index contributed by atoms with van der Waals surface area (Å²) in [4.78, 5) is 20.9. The van der Waals surface area contributed by atoms with Crippen LogP contribution in [0.1, 0.15) is 19.4 Å². The van der Waals surface area contributed by atoms with Gasteiger partial charge in [0.15, 0.2) is 5.96 Å². The van der Waals surface area contributed by atoms with Gasteiger partial charge in [0.05, 0.1) is 36.6 Å². The maximum absolute atomic E-state index is 12.3. The Hall–Kier alpha value is -3.11. The van der Waals surface area contributed by atoms with Gasteiger partial charge >= 0.3 is 0 Å². The topological polar surface area (TPSA) is 138 Å². The lowest BCUT2D eigenvalue weighted by Crippen LogP contribution is -2.54. The number of aliphatic imine (C=N–C) groups is 1. The molecular weight excluding hydrogens is 408 g/mol. The molecule has 10 nitrogen and oxygen atoms in total. The number of aryl methyl sites for hydroxylation is 1. The van der Waals surface area contributed by atoms with Gasteiger partial charge in [-0.2, -0.15) is 5.10 Å². The van der Waals surface area contributed by atoms with Crippen LogP contribution in [0.2, 0.25) is 0 Å². The van der Waals surface area contributed by atoms with Crippen LogP contribution in [0.25, 0.3) is 16.6 Å². The third kappa shape index (κ3) is 5.57. The fraction of sp³-hybridized carbons (Fsp3) is 0.500. The highest BCUT2D eigenvalue weighted by Gasteiger charge is 2.22. The van der Waals surface area contributed by atoms with Crippen LogP contribution in [-0.2, 0) is 11.8 Å². The van der Waals surface area contributed by atoms with Crippen molar-refractivity contribution in [3.8, 4) is 0 Å². The van der Waals surface area contributed by atoms with Gasteiger partial charge < -0.3 is 26.8 Å². The van der Waals surface area contributed by atoms with Crippen LogP contribution in [0.3, 0.4) is 0 Å². The summed E-state index contributed by atoms with van der Waals surface area (Å²) >= 11 is 0. The predicted molar refractivity (Wildman–Crippen MR) is 126 cm³/mol.